The summed E-state index contributed by atoms with van der Waals surface area (Å²) < 4.78 is 16.1. The maximum absolute atomic E-state index is 13.5. The first kappa shape index (κ1) is 13.9. The van der Waals surface area contributed by atoms with Gasteiger partial charge in [-0.25, -0.2) is 9.37 Å². The minimum atomic E-state index is -0.326. The van der Waals surface area contributed by atoms with E-state index >= 15 is 0 Å². The van der Waals surface area contributed by atoms with Crippen molar-refractivity contribution < 1.29 is 4.39 Å². The molecule has 0 aliphatic rings. The molecule has 0 aliphatic carbocycles. The summed E-state index contributed by atoms with van der Waals surface area (Å²) in [7, 11) is 0. The molecule has 0 radical (unpaired) electrons. The predicted octanol–water partition coefficient (Wildman–Crippen LogP) is 5.32. The molecule has 0 amide bonds. The number of fused-ring (bicyclic) bond motifs is 1. The number of para-hydroxylation sites is 1. The quantitative estimate of drug-likeness (QED) is 0.556. The Bertz CT molecular complexity index is 801. The Morgan fingerprint density at radius 1 is 1.25 bits per heavy atom. The highest BCUT2D eigenvalue weighted by Crippen LogP contribution is 2.31. The molecule has 0 aliphatic heterocycles. The van der Waals surface area contributed by atoms with Crippen LogP contribution < -0.4 is 0 Å². The second-order valence-electron chi connectivity index (χ2n) is 4.20. The van der Waals surface area contributed by atoms with Crippen molar-refractivity contribution in [3.05, 3.63) is 57.5 Å². The third kappa shape index (κ3) is 2.22. The molecule has 6 heteroatoms. The zero-order valence-electron chi connectivity index (χ0n) is 10.1. The van der Waals surface area contributed by atoms with Gasteiger partial charge in [0, 0.05) is 4.47 Å². The number of rotatable bonds is 2. The van der Waals surface area contributed by atoms with Gasteiger partial charge in [-0.1, -0.05) is 17.7 Å². The van der Waals surface area contributed by atoms with Gasteiger partial charge in [-0.15, -0.1) is 11.6 Å². The van der Waals surface area contributed by atoms with Crippen LogP contribution in [0.25, 0.3) is 16.7 Å². The molecule has 1 heterocycles. The predicted molar refractivity (Wildman–Crippen MR) is 83.3 cm³/mol. The van der Waals surface area contributed by atoms with Gasteiger partial charge in [0.05, 0.1) is 22.1 Å². The molecule has 3 aromatic rings. The van der Waals surface area contributed by atoms with Gasteiger partial charge >= 0.3 is 0 Å². The number of benzene rings is 2. The Morgan fingerprint density at radius 3 is 2.80 bits per heavy atom. The van der Waals surface area contributed by atoms with E-state index in [1.165, 1.54) is 12.1 Å². The van der Waals surface area contributed by atoms with Crippen molar-refractivity contribution in [1.82, 2.24) is 9.55 Å². The molecule has 0 bridgehead atoms. The SMILES string of the molecule is Fc1ccc(Br)c(-n2c(CCl)nc3c(Cl)cccc32)c1. The zero-order chi connectivity index (χ0) is 14.3. The van der Waals surface area contributed by atoms with Crippen molar-refractivity contribution in [2.24, 2.45) is 0 Å². The number of nitrogens with zero attached hydrogens (tertiary/aromatic N) is 2. The summed E-state index contributed by atoms with van der Waals surface area (Å²) in [5.74, 6) is 0.488. The molecule has 0 spiro atoms. The second-order valence-corrected chi connectivity index (χ2v) is 5.73. The first-order valence-corrected chi connectivity index (χ1v) is 7.49. The van der Waals surface area contributed by atoms with Crippen LogP contribution in [0.15, 0.2) is 40.9 Å². The van der Waals surface area contributed by atoms with Gasteiger partial charge in [-0.05, 0) is 46.3 Å². The Hall–Kier alpha value is -1.10. The number of alkyl halides is 1. The van der Waals surface area contributed by atoms with E-state index in [1.807, 2.05) is 12.1 Å². The van der Waals surface area contributed by atoms with E-state index in [0.717, 1.165) is 9.99 Å². The van der Waals surface area contributed by atoms with Crippen LogP contribution in [0.4, 0.5) is 4.39 Å². The average molecular weight is 374 g/mol. The van der Waals surface area contributed by atoms with Gasteiger partial charge in [-0.2, -0.15) is 0 Å². The summed E-state index contributed by atoms with van der Waals surface area (Å²) in [6.07, 6.45) is 0. The van der Waals surface area contributed by atoms with Crippen LogP contribution >= 0.6 is 39.1 Å². The van der Waals surface area contributed by atoms with Crippen molar-refractivity contribution in [1.29, 1.82) is 0 Å². The lowest BCUT2D eigenvalue weighted by atomic mass is 10.2. The Kier molecular flexibility index (Phi) is 3.71. The van der Waals surface area contributed by atoms with Gasteiger partial charge in [0.25, 0.3) is 0 Å². The lowest BCUT2D eigenvalue weighted by molar-refractivity contribution is 0.626. The molecule has 3 rings (SSSR count). The van der Waals surface area contributed by atoms with Gasteiger partial charge in [-0.3, -0.25) is 4.57 Å². The van der Waals surface area contributed by atoms with Crippen LogP contribution in [-0.2, 0) is 5.88 Å². The van der Waals surface area contributed by atoms with Crippen LogP contribution in [-0.4, -0.2) is 9.55 Å². The Morgan fingerprint density at radius 2 is 2.05 bits per heavy atom. The van der Waals surface area contributed by atoms with E-state index in [9.17, 15) is 4.39 Å². The smallest absolute Gasteiger partial charge is 0.129 e. The Labute approximate surface area is 133 Å². The Balaban J connectivity index is 2.40. The van der Waals surface area contributed by atoms with Gasteiger partial charge in [0.1, 0.15) is 17.2 Å². The lowest BCUT2D eigenvalue weighted by Crippen LogP contribution is -2.00. The number of imidazole rings is 1. The molecule has 0 saturated heterocycles. The molecule has 0 fully saturated rings. The van der Waals surface area contributed by atoms with E-state index in [-0.39, 0.29) is 11.7 Å². The maximum atomic E-state index is 13.5. The summed E-state index contributed by atoms with van der Waals surface area (Å²) in [4.78, 5) is 4.43. The van der Waals surface area contributed by atoms with Gasteiger partial charge in [0.2, 0.25) is 0 Å². The summed E-state index contributed by atoms with van der Waals surface area (Å²) in [6, 6.07) is 9.94. The number of halogens is 4. The van der Waals surface area contributed by atoms with Crippen LogP contribution in [0.1, 0.15) is 5.82 Å². The fourth-order valence-electron chi connectivity index (χ4n) is 2.13. The monoisotopic (exact) mass is 372 g/mol. The van der Waals surface area contributed by atoms with Gasteiger partial charge in [0.15, 0.2) is 0 Å². The van der Waals surface area contributed by atoms with E-state index in [4.69, 9.17) is 23.2 Å². The molecule has 102 valence electrons. The van der Waals surface area contributed by atoms with E-state index in [0.29, 0.717) is 22.1 Å². The molecule has 0 saturated carbocycles. The van der Waals surface area contributed by atoms with Crippen molar-refractivity contribution in [3.8, 4) is 5.69 Å². The fourth-order valence-corrected chi connectivity index (χ4v) is 2.94. The molecule has 0 atom stereocenters. The summed E-state index contributed by atoms with van der Waals surface area (Å²) >= 11 is 15.5. The topological polar surface area (TPSA) is 17.8 Å². The second kappa shape index (κ2) is 5.35. The maximum Gasteiger partial charge on any atom is 0.129 e. The molecular weight excluding hydrogens is 366 g/mol. The largest absolute Gasteiger partial charge is 0.294 e. The average Bonchev–Trinajstić information content (AvgIpc) is 2.81. The summed E-state index contributed by atoms with van der Waals surface area (Å²) in [6.45, 7) is 0. The standard InChI is InChI=1S/C14H8BrCl2FN2/c15-9-5-4-8(18)6-12(9)20-11-3-1-2-10(17)14(11)19-13(20)7-16/h1-6H,7H2. The highest BCUT2D eigenvalue weighted by atomic mass is 79.9. The lowest BCUT2D eigenvalue weighted by Gasteiger charge is -2.10. The minimum Gasteiger partial charge on any atom is -0.294 e. The van der Waals surface area contributed by atoms with Crippen molar-refractivity contribution >= 4 is 50.2 Å². The molecule has 2 aromatic carbocycles. The summed E-state index contributed by atoms with van der Waals surface area (Å²) in [5, 5.41) is 0.542. The third-order valence-corrected chi connectivity index (χ3v) is 4.19. The van der Waals surface area contributed by atoms with Crippen LogP contribution in [0, 0.1) is 5.82 Å². The molecule has 0 unspecified atom stereocenters. The third-order valence-electron chi connectivity index (χ3n) is 2.97. The summed E-state index contributed by atoms with van der Waals surface area (Å²) in [5.41, 5.74) is 2.09. The zero-order valence-corrected chi connectivity index (χ0v) is 13.2. The molecule has 0 N–H and O–H groups in total. The van der Waals surface area contributed by atoms with Crippen LogP contribution in [0.5, 0.6) is 0 Å². The number of hydrogen-bond acceptors (Lipinski definition) is 1. The van der Waals surface area contributed by atoms with E-state index in [1.54, 1.807) is 16.7 Å². The van der Waals surface area contributed by atoms with Crippen molar-refractivity contribution in [3.63, 3.8) is 0 Å². The first-order chi connectivity index (χ1) is 9.61. The minimum absolute atomic E-state index is 0.202. The number of hydrogen-bond donors (Lipinski definition) is 0. The highest BCUT2D eigenvalue weighted by molar-refractivity contribution is 9.10. The van der Waals surface area contributed by atoms with E-state index < -0.39 is 0 Å². The van der Waals surface area contributed by atoms with Crippen LogP contribution in [0.3, 0.4) is 0 Å². The van der Waals surface area contributed by atoms with Crippen molar-refractivity contribution in [2.45, 2.75) is 5.88 Å². The van der Waals surface area contributed by atoms with Crippen LogP contribution in [0.2, 0.25) is 5.02 Å². The normalized spacial score (nSPS) is 11.2. The first-order valence-electron chi connectivity index (χ1n) is 5.79. The number of aromatic nitrogens is 2. The van der Waals surface area contributed by atoms with Crippen molar-refractivity contribution in [2.75, 3.05) is 0 Å². The van der Waals surface area contributed by atoms with Gasteiger partial charge < -0.3 is 0 Å². The fraction of sp³-hybridized carbons (Fsp3) is 0.0714. The van der Waals surface area contributed by atoms with E-state index in [2.05, 4.69) is 20.9 Å². The molecular formula is C14H8BrCl2FN2. The highest BCUT2D eigenvalue weighted by Gasteiger charge is 2.16. The molecule has 20 heavy (non-hydrogen) atoms. The molecule has 1 aromatic heterocycles. The molecule has 2 nitrogen and oxygen atoms in total.